The van der Waals surface area contributed by atoms with E-state index in [1.807, 2.05) is 0 Å². The van der Waals surface area contributed by atoms with Crippen molar-refractivity contribution in [2.24, 2.45) is 5.73 Å². The van der Waals surface area contributed by atoms with E-state index in [1.165, 1.54) is 0 Å². The van der Waals surface area contributed by atoms with Crippen LogP contribution in [0.1, 0.15) is 32.1 Å². The minimum atomic E-state index is -0.740. The van der Waals surface area contributed by atoms with E-state index >= 15 is 0 Å². The van der Waals surface area contributed by atoms with Gasteiger partial charge in [-0.25, -0.2) is 4.79 Å². The highest BCUT2D eigenvalue weighted by molar-refractivity contribution is 6.01. The average molecular weight is 298 g/mol. The molecule has 0 spiro atoms. The van der Waals surface area contributed by atoms with E-state index in [0.717, 1.165) is 38.9 Å². The van der Waals surface area contributed by atoms with Crippen LogP contribution in [-0.4, -0.2) is 60.1 Å². The summed E-state index contributed by atoms with van der Waals surface area (Å²) < 4.78 is 0. The fraction of sp³-hybridized carbons (Fsp3) is 0.769. The highest BCUT2D eigenvalue weighted by atomic mass is 16.7. The fourth-order valence-corrected chi connectivity index (χ4v) is 2.64. The zero-order valence-corrected chi connectivity index (χ0v) is 12.0. The summed E-state index contributed by atoms with van der Waals surface area (Å²) in [5.41, 5.74) is 5.54. The van der Waals surface area contributed by atoms with E-state index in [2.05, 4.69) is 10.2 Å². The fourth-order valence-electron chi connectivity index (χ4n) is 2.64. The van der Waals surface area contributed by atoms with Crippen LogP contribution in [0.2, 0.25) is 0 Å². The second-order valence-corrected chi connectivity index (χ2v) is 5.36. The van der Waals surface area contributed by atoms with Gasteiger partial charge in [-0.05, 0) is 25.8 Å². The summed E-state index contributed by atoms with van der Waals surface area (Å²) in [6, 6.07) is -0.00641. The monoisotopic (exact) mass is 298 g/mol. The van der Waals surface area contributed by atoms with Gasteiger partial charge in [-0.15, -0.1) is 5.06 Å². The zero-order valence-electron chi connectivity index (χ0n) is 12.0. The molecule has 2 fully saturated rings. The van der Waals surface area contributed by atoms with Crippen LogP contribution in [0.5, 0.6) is 0 Å². The smallest absolute Gasteiger partial charge is 0.329 e. The SMILES string of the molecule is NCCN1CCC[C@H](NC(=O)ON2C(=O)CCC2=O)CC1. The predicted octanol–water partition coefficient (Wildman–Crippen LogP) is -0.410. The molecule has 0 bridgehead atoms. The molecule has 21 heavy (non-hydrogen) atoms. The van der Waals surface area contributed by atoms with Gasteiger partial charge in [0.25, 0.3) is 11.8 Å². The number of imide groups is 1. The predicted molar refractivity (Wildman–Crippen MR) is 73.8 cm³/mol. The van der Waals surface area contributed by atoms with Gasteiger partial charge in [-0.1, -0.05) is 0 Å². The van der Waals surface area contributed by atoms with E-state index in [-0.39, 0.29) is 18.9 Å². The van der Waals surface area contributed by atoms with Crippen molar-refractivity contribution < 1.29 is 19.2 Å². The number of likely N-dealkylation sites (tertiary alicyclic amines) is 1. The number of carbonyl (C=O) groups excluding carboxylic acids is 3. The number of hydrogen-bond acceptors (Lipinski definition) is 6. The van der Waals surface area contributed by atoms with Crippen LogP contribution in [-0.2, 0) is 14.4 Å². The van der Waals surface area contributed by atoms with Crippen LogP contribution in [0.15, 0.2) is 0 Å². The van der Waals surface area contributed by atoms with Gasteiger partial charge < -0.3 is 20.8 Å². The third kappa shape index (κ3) is 4.40. The summed E-state index contributed by atoms with van der Waals surface area (Å²) in [7, 11) is 0. The highest BCUT2D eigenvalue weighted by Crippen LogP contribution is 2.14. The zero-order chi connectivity index (χ0) is 15.2. The molecule has 2 aliphatic rings. The van der Waals surface area contributed by atoms with Crippen molar-refractivity contribution in [3.8, 4) is 0 Å². The summed E-state index contributed by atoms with van der Waals surface area (Å²) in [6.07, 6.45) is 2.07. The van der Waals surface area contributed by atoms with E-state index < -0.39 is 17.9 Å². The first kappa shape index (κ1) is 15.7. The topological polar surface area (TPSA) is 105 Å². The van der Waals surface area contributed by atoms with Gasteiger partial charge in [0.2, 0.25) is 0 Å². The van der Waals surface area contributed by atoms with Gasteiger partial charge >= 0.3 is 6.09 Å². The molecule has 0 aromatic carbocycles. The molecule has 1 atom stereocenters. The second-order valence-electron chi connectivity index (χ2n) is 5.36. The Morgan fingerprint density at radius 2 is 1.95 bits per heavy atom. The maximum Gasteiger partial charge on any atom is 0.432 e. The Balaban J connectivity index is 1.77. The van der Waals surface area contributed by atoms with Crippen LogP contribution < -0.4 is 11.1 Å². The van der Waals surface area contributed by atoms with Gasteiger partial charge in [0, 0.05) is 38.5 Å². The summed E-state index contributed by atoms with van der Waals surface area (Å²) in [5.74, 6) is -0.935. The molecular formula is C13H22N4O4. The third-order valence-electron chi connectivity index (χ3n) is 3.77. The summed E-state index contributed by atoms with van der Waals surface area (Å²) in [5, 5.41) is 3.29. The largest absolute Gasteiger partial charge is 0.432 e. The molecule has 0 unspecified atom stereocenters. The number of amides is 3. The van der Waals surface area contributed by atoms with Gasteiger partial charge in [-0.3, -0.25) is 9.59 Å². The van der Waals surface area contributed by atoms with E-state index in [4.69, 9.17) is 10.6 Å². The number of nitrogens with one attached hydrogen (secondary N) is 1. The number of hydrogen-bond donors (Lipinski definition) is 2. The van der Waals surface area contributed by atoms with Crippen LogP contribution in [0.3, 0.4) is 0 Å². The van der Waals surface area contributed by atoms with Crippen molar-refractivity contribution in [2.75, 3.05) is 26.2 Å². The molecule has 3 N–H and O–H groups in total. The Labute approximate surface area is 123 Å². The maximum absolute atomic E-state index is 11.8. The highest BCUT2D eigenvalue weighted by Gasteiger charge is 2.33. The van der Waals surface area contributed by atoms with E-state index in [9.17, 15) is 14.4 Å². The molecule has 8 nitrogen and oxygen atoms in total. The number of rotatable bonds is 4. The molecule has 2 saturated heterocycles. The number of carbonyl (C=O) groups is 3. The molecule has 8 heteroatoms. The van der Waals surface area contributed by atoms with Crippen LogP contribution in [0.4, 0.5) is 4.79 Å². The van der Waals surface area contributed by atoms with Crippen molar-refractivity contribution in [2.45, 2.75) is 38.1 Å². The molecule has 0 radical (unpaired) electrons. The quantitative estimate of drug-likeness (QED) is 0.684. The third-order valence-corrected chi connectivity index (χ3v) is 3.77. The molecule has 2 aliphatic heterocycles. The lowest BCUT2D eigenvalue weighted by Gasteiger charge is -2.20. The molecule has 118 valence electrons. The summed E-state index contributed by atoms with van der Waals surface area (Å²) >= 11 is 0. The molecule has 0 aliphatic carbocycles. The van der Waals surface area contributed by atoms with Crippen LogP contribution in [0.25, 0.3) is 0 Å². The lowest BCUT2D eigenvalue weighted by atomic mass is 10.1. The van der Waals surface area contributed by atoms with E-state index in [1.54, 1.807) is 0 Å². The van der Waals surface area contributed by atoms with Gasteiger partial charge in [0.1, 0.15) is 0 Å². The molecule has 0 saturated carbocycles. The number of nitrogens with zero attached hydrogens (tertiary/aromatic N) is 2. The molecule has 0 aromatic heterocycles. The van der Waals surface area contributed by atoms with Gasteiger partial charge in [-0.2, -0.15) is 0 Å². The average Bonchev–Trinajstić information content (AvgIpc) is 2.66. The second kappa shape index (κ2) is 7.37. The van der Waals surface area contributed by atoms with Crippen molar-refractivity contribution >= 4 is 17.9 Å². The Kier molecular flexibility index (Phi) is 5.51. The van der Waals surface area contributed by atoms with Gasteiger partial charge in [0.15, 0.2) is 0 Å². The number of nitrogens with two attached hydrogens (primary N) is 1. The molecule has 2 heterocycles. The summed E-state index contributed by atoms with van der Waals surface area (Å²) in [4.78, 5) is 41.6. The minimum Gasteiger partial charge on any atom is -0.329 e. The van der Waals surface area contributed by atoms with Crippen molar-refractivity contribution in [1.29, 1.82) is 0 Å². The maximum atomic E-state index is 11.8. The Hall–Kier alpha value is -1.67. The van der Waals surface area contributed by atoms with Crippen LogP contribution >= 0.6 is 0 Å². The Bertz CT molecular complexity index is 399. The van der Waals surface area contributed by atoms with Crippen LogP contribution in [0, 0.1) is 0 Å². The molecular weight excluding hydrogens is 276 g/mol. The first-order chi connectivity index (χ1) is 10.1. The number of hydroxylamine groups is 2. The molecule has 3 amide bonds. The molecule has 2 rings (SSSR count). The van der Waals surface area contributed by atoms with Crippen molar-refractivity contribution in [3.05, 3.63) is 0 Å². The molecule has 0 aromatic rings. The normalized spacial score (nSPS) is 24.0. The van der Waals surface area contributed by atoms with Crippen molar-refractivity contribution in [1.82, 2.24) is 15.3 Å². The van der Waals surface area contributed by atoms with Crippen molar-refractivity contribution in [3.63, 3.8) is 0 Å². The Morgan fingerprint density at radius 1 is 1.24 bits per heavy atom. The lowest BCUT2D eigenvalue weighted by molar-refractivity contribution is -0.171. The summed E-state index contributed by atoms with van der Waals surface area (Å²) in [6.45, 7) is 3.31. The van der Waals surface area contributed by atoms with E-state index in [0.29, 0.717) is 11.6 Å². The lowest BCUT2D eigenvalue weighted by Crippen LogP contribution is -2.41. The Morgan fingerprint density at radius 3 is 2.62 bits per heavy atom. The standard InChI is InChI=1S/C13H22N4O4/c14-6-9-16-7-1-2-10(5-8-16)15-13(20)21-17-11(18)3-4-12(17)19/h10H,1-9,14H2,(H,15,20)/t10-/m0/s1. The first-order valence-corrected chi connectivity index (χ1v) is 7.37. The minimum absolute atomic E-state index is 0.00641. The first-order valence-electron chi connectivity index (χ1n) is 7.37. The van der Waals surface area contributed by atoms with Gasteiger partial charge in [0.05, 0.1) is 0 Å².